The van der Waals surface area contributed by atoms with Gasteiger partial charge in [0.25, 0.3) is 0 Å². The number of hydrogen-bond donors (Lipinski definition) is 1. The van der Waals surface area contributed by atoms with Crippen LogP contribution in [0.25, 0.3) is 0 Å². The number of nitrogens with two attached hydrogens (primary N) is 1. The SMILES string of the molecule is NC(CC1CC1)N=O. The Morgan fingerprint density at radius 1 is 1.75 bits per heavy atom. The number of nitroso groups, excluding NO2 is 1. The zero-order valence-corrected chi connectivity index (χ0v) is 4.71. The average Bonchev–Trinajstić information content (AvgIpc) is 2.50. The summed E-state index contributed by atoms with van der Waals surface area (Å²) in [6.07, 6.45) is 2.83. The number of rotatable bonds is 3. The zero-order chi connectivity index (χ0) is 5.98. The molecule has 0 saturated heterocycles. The van der Waals surface area contributed by atoms with Crippen molar-refractivity contribution >= 4 is 0 Å². The normalized spacial score (nSPS) is 22.6. The van der Waals surface area contributed by atoms with Crippen LogP contribution in [0.15, 0.2) is 5.18 Å². The van der Waals surface area contributed by atoms with Crippen molar-refractivity contribution in [3.63, 3.8) is 0 Å². The smallest absolute Gasteiger partial charge is 0.140 e. The van der Waals surface area contributed by atoms with Gasteiger partial charge in [0.2, 0.25) is 0 Å². The molecule has 3 heteroatoms. The van der Waals surface area contributed by atoms with Crippen molar-refractivity contribution in [2.75, 3.05) is 0 Å². The molecule has 1 saturated carbocycles. The molecule has 0 heterocycles. The molecule has 0 aromatic carbocycles. The van der Waals surface area contributed by atoms with Gasteiger partial charge in [-0.1, -0.05) is 18.0 Å². The Balaban J connectivity index is 2.06. The Morgan fingerprint density at radius 2 is 2.38 bits per heavy atom. The Hall–Kier alpha value is -0.440. The van der Waals surface area contributed by atoms with E-state index in [2.05, 4.69) is 5.18 Å². The van der Waals surface area contributed by atoms with Crippen molar-refractivity contribution in [3.05, 3.63) is 4.91 Å². The first-order chi connectivity index (χ1) is 3.83. The highest BCUT2D eigenvalue weighted by molar-refractivity contribution is 4.76. The summed E-state index contributed by atoms with van der Waals surface area (Å²) in [5, 5.41) is 2.70. The van der Waals surface area contributed by atoms with Crippen LogP contribution in [0, 0.1) is 10.8 Å². The van der Waals surface area contributed by atoms with Gasteiger partial charge in [0.1, 0.15) is 6.17 Å². The van der Waals surface area contributed by atoms with Crippen molar-refractivity contribution < 1.29 is 0 Å². The molecule has 1 atom stereocenters. The van der Waals surface area contributed by atoms with E-state index in [9.17, 15) is 4.91 Å². The molecule has 2 N–H and O–H groups in total. The lowest BCUT2D eigenvalue weighted by molar-refractivity contribution is 0.587. The van der Waals surface area contributed by atoms with E-state index in [1.54, 1.807) is 0 Å². The fraction of sp³-hybridized carbons (Fsp3) is 1.00. The van der Waals surface area contributed by atoms with Gasteiger partial charge in [-0.2, -0.15) is 0 Å². The summed E-state index contributed by atoms with van der Waals surface area (Å²) in [6.45, 7) is 0. The van der Waals surface area contributed by atoms with Crippen LogP contribution in [-0.2, 0) is 0 Å². The Kier molecular flexibility index (Phi) is 1.58. The van der Waals surface area contributed by atoms with Crippen LogP contribution in [0.4, 0.5) is 0 Å². The van der Waals surface area contributed by atoms with E-state index in [0.29, 0.717) is 5.92 Å². The van der Waals surface area contributed by atoms with Crippen molar-refractivity contribution in [1.82, 2.24) is 0 Å². The Labute approximate surface area is 48.2 Å². The zero-order valence-electron chi connectivity index (χ0n) is 4.71. The minimum absolute atomic E-state index is 0.442. The topological polar surface area (TPSA) is 55.4 Å². The van der Waals surface area contributed by atoms with Crippen LogP contribution in [0.2, 0.25) is 0 Å². The fourth-order valence-electron chi connectivity index (χ4n) is 0.738. The molecule has 0 bridgehead atoms. The molecule has 0 spiro atoms. The lowest BCUT2D eigenvalue weighted by atomic mass is 10.2. The van der Waals surface area contributed by atoms with Crippen LogP contribution in [-0.4, -0.2) is 6.17 Å². The molecule has 3 nitrogen and oxygen atoms in total. The standard InChI is InChI=1S/C5H10N2O/c6-5(7-8)3-4-1-2-4/h4-5H,1-3,6H2. The lowest BCUT2D eigenvalue weighted by Crippen LogP contribution is -2.16. The molecule has 0 amide bonds. The van der Waals surface area contributed by atoms with Gasteiger partial charge in [-0.25, -0.2) is 0 Å². The maximum Gasteiger partial charge on any atom is 0.140 e. The predicted molar refractivity (Wildman–Crippen MR) is 31.1 cm³/mol. The summed E-state index contributed by atoms with van der Waals surface area (Å²) < 4.78 is 0. The third-order valence-electron chi connectivity index (χ3n) is 1.41. The van der Waals surface area contributed by atoms with Crippen molar-refractivity contribution in [3.8, 4) is 0 Å². The molecular formula is C5H10N2O. The second-order valence-corrected chi connectivity index (χ2v) is 2.35. The molecule has 1 aliphatic rings. The molecule has 1 aliphatic carbocycles. The first kappa shape index (κ1) is 5.69. The third-order valence-corrected chi connectivity index (χ3v) is 1.41. The lowest BCUT2D eigenvalue weighted by Gasteiger charge is -1.96. The van der Waals surface area contributed by atoms with E-state index < -0.39 is 6.17 Å². The molecule has 46 valence electrons. The average molecular weight is 114 g/mol. The molecule has 1 rings (SSSR count). The molecule has 0 aromatic rings. The summed E-state index contributed by atoms with van der Waals surface area (Å²) in [7, 11) is 0. The molecule has 0 aliphatic heterocycles. The summed E-state index contributed by atoms with van der Waals surface area (Å²) in [5.74, 6) is 0.711. The molecular weight excluding hydrogens is 104 g/mol. The fourth-order valence-corrected chi connectivity index (χ4v) is 0.738. The van der Waals surface area contributed by atoms with Crippen LogP contribution in [0.5, 0.6) is 0 Å². The molecule has 1 unspecified atom stereocenters. The highest BCUT2D eigenvalue weighted by Gasteiger charge is 2.23. The van der Waals surface area contributed by atoms with Gasteiger partial charge >= 0.3 is 0 Å². The van der Waals surface area contributed by atoms with Crippen LogP contribution >= 0.6 is 0 Å². The van der Waals surface area contributed by atoms with Gasteiger partial charge in [-0.05, 0) is 12.3 Å². The van der Waals surface area contributed by atoms with E-state index in [4.69, 9.17) is 5.73 Å². The molecule has 0 radical (unpaired) electrons. The van der Waals surface area contributed by atoms with Crippen LogP contribution < -0.4 is 5.73 Å². The number of hydrogen-bond acceptors (Lipinski definition) is 3. The third kappa shape index (κ3) is 1.58. The molecule has 0 aromatic heterocycles. The monoisotopic (exact) mass is 114 g/mol. The van der Waals surface area contributed by atoms with Crippen molar-refractivity contribution in [2.45, 2.75) is 25.4 Å². The van der Waals surface area contributed by atoms with Crippen LogP contribution in [0.1, 0.15) is 19.3 Å². The largest absolute Gasteiger partial charge is 0.307 e. The van der Waals surface area contributed by atoms with Gasteiger partial charge in [-0.15, -0.1) is 4.91 Å². The highest BCUT2D eigenvalue weighted by atomic mass is 16.3. The summed E-state index contributed by atoms with van der Waals surface area (Å²) in [4.78, 5) is 9.69. The maximum absolute atomic E-state index is 9.69. The van der Waals surface area contributed by atoms with E-state index in [0.717, 1.165) is 6.42 Å². The maximum atomic E-state index is 9.69. The quantitative estimate of drug-likeness (QED) is 0.552. The van der Waals surface area contributed by atoms with E-state index >= 15 is 0 Å². The Bertz CT molecular complexity index is 90.4. The predicted octanol–water partition coefficient (Wildman–Crippen LogP) is 0.838. The van der Waals surface area contributed by atoms with E-state index in [1.165, 1.54) is 12.8 Å². The second kappa shape index (κ2) is 2.22. The molecule has 8 heavy (non-hydrogen) atoms. The molecule has 1 fully saturated rings. The minimum Gasteiger partial charge on any atom is -0.307 e. The first-order valence-electron chi connectivity index (χ1n) is 2.91. The summed E-state index contributed by atoms with van der Waals surface area (Å²) >= 11 is 0. The van der Waals surface area contributed by atoms with E-state index in [1.807, 2.05) is 0 Å². The van der Waals surface area contributed by atoms with Crippen LogP contribution in [0.3, 0.4) is 0 Å². The van der Waals surface area contributed by atoms with Gasteiger partial charge < -0.3 is 5.73 Å². The van der Waals surface area contributed by atoms with Crippen molar-refractivity contribution in [1.29, 1.82) is 0 Å². The van der Waals surface area contributed by atoms with Crippen molar-refractivity contribution in [2.24, 2.45) is 16.8 Å². The van der Waals surface area contributed by atoms with Gasteiger partial charge in [0.15, 0.2) is 0 Å². The van der Waals surface area contributed by atoms with Gasteiger partial charge in [0, 0.05) is 0 Å². The van der Waals surface area contributed by atoms with E-state index in [-0.39, 0.29) is 0 Å². The first-order valence-corrected chi connectivity index (χ1v) is 2.91. The van der Waals surface area contributed by atoms with Gasteiger partial charge in [0.05, 0.1) is 0 Å². The minimum atomic E-state index is -0.442. The van der Waals surface area contributed by atoms with Gasteiger partial charge in [-0.3, -0.25) is 0 Å². The summed E-state index contributed by atoms with van der Waals surface area (Å²) in [6, 6.07) is 0. The highest BCUT2D eigenvalue weighted by Crippen LogP contribution is 2.33. The Morgan fingerprint density at radius 3 is 2.75 bits per heavy atom. The summed E-state index contributed by atoms with van der Waals surface area (Å²) in [5.41, 5.74) is 5.23. The second-order valence-electron chi connectivity index (χ2n) is 2.35. The number of nitrogens with zero attached hydrogens (tertiary/aromatic N) is 1.